The van der Waals surface area contributed by atoms with Gasteiger partial charge in [0, 0.05) is 17.8 Å². The molecule has 8 nitrogen and oxygen atoms in total. The summed E-state index contributed by atoms with van der Waals surface area (Å²) >= 11 is 0. The first kappa shape index (κ1) is 20.8. The predicted molar refractivity (Wildman–Crippen MR) is 100 cm³/mol. The lowest BCUT2D eigenvalue weighted by atomic mass is 9.76. The highest BCUT2D eigenvalue weighted by Crippen LogP contribution is 2.36. The van der Waals surface area contributed by atoms with Crippen molar-refractivity contribution in [3.63, 3.8) is 0 Å². The first-order chi connectivity index (χ1) is 12.6. The highest BCUT2D eigenvalue weighted by atomic mass is 16.6. The Kier molecular flexibility index (Phi) is 6.20. The molecule has 0 heterocycles. The summed E-state index contributed by atoms with van der Waals surface area (Å²) < 4.78 is 15.8. The van der Waals surface area contributed by atoms with Gasteiger partial charge in [0.2, 0.25) is 5.91 Å². The Labute approximate surface area is 159 Å². The Morgan fingerprint density at radius 2 is 1.70 bits per heavy atom. The molecule has 1 aliphatic rings. The number of rotatable bonds is 6. The van der Waals surface area contributed by atoms with E-state index in [1.165, 1.54) is 14.2 Å². The molecule has 0 aromatic heterocycles. The molecule has 0 unspecified atom stereocenters. The Hall–Kier alpha value is -2.48. The van der Waals surface area contributed by atoms with Gasteiger partial charge in [-0.25, -0.2) is 4.79 Å². The number of alkyl carbamates (subject to hydrolysis) is 1. The summed E-state index contributed by atoms with van der Waals surface area (Å²) in [5.74, 6) is 0.463. The first-order valence-corrected chi connectivity index (χ1v) is 8.82. The molecule has 3 N–H and O–H groups in total. The van der Waals surface area contributed by atoms with E-state index in [0.717, 1.165) is 6.42 Å². The van der Waals surface area contributed by atoms with Gasteiger partial charge < -0.3 is 30.0 Å². The molecule has 2 rings (SSSR count). The maximum Gasteiger partial charge on any atom is 0.408 e. The number of nitrogens with one attached hydrogen (secondary N) is 2. The number of aliphatic hydroxyl groups is 1. The van der Waals surface area contributed by atoms with Crippen molar-refractivity contribution in [2.45, 2.75) is 57.8 Å². The zero-order valence-corrected chi connectivity index (χ0v) is 16.5. The largest absolute Gasteiger partial charge is 0.496 e. The van der Waals surface area contributed by atoms with Crippen LogP contribution in [0.15, 0.2) is 12.1 Å². The summed E-state index contributed by atoms with van der Waals surface area (Å²) in [7, 11) is 2.94. The Bertz CT molecular complexity index is 682. The van der Waals surface area contributed by atoms with Gasteiger partial charge in [0.15, 0.2) is 0 Å². The summed E-state index contributed by atoms with van der Waals surface area (Å²) in [5, 5.41) is 15.0. The molecule has 0 radical (unpaired) electrons. The maximum absolute atomic E-state index is 12.9. The number of aliphatic hydroxyl groups excluding tert-OH is 1. The zero-order chi connectivity index (χ0) is 20.2. The van der Waals surface area contributed by atoms with Gasteiger partial charge in [-0.2, -0.15) is 0 Å². The van der Waals surface area contributed by atoms with E-state index in [9.17, 15) is 14.7 Å². The van der Waals surface area contributed by atoms with Crippen LogP contribution in [0.2, 0.25) is 0 Å². The van der Waals surface area contributed by atoms with Crippen molar-refractivity contribution in [3.05, 3.63) is 17.7 Å². The molecular weight excluding hydrogens is 352 g/mol. The summed E-state index contributed by atoms with van der Waals surface area (Å²) in [6, 6.07) is 3.21. The van der Waals surface area contributed by atoms with Gasteiger partial charge in [0.05, 0.1) is 26.4 Å². The van der Waals surface area contributed by atoms with E-state index in [2.05, 4.69) is 10.6 Å². The van der Waals surface area contributed by atoms with Crippen LogP contribution < -0.4 is 20.1 Å². The van der Waals surface area contributed by atoms with Crippen molar-refractivity contribution in [3.8, 4) is 11.5 Å². The molecule has 2 amide bonds. The summed E-state index contributed by atoms with van der Waals surface area (Å²) in [6.45, 7) is 5.04. The van der Waals surface area contributed by atoms with Crippen LogP contribution in [-0.4, -0.2) is 42.5 Å². The van der Waals surface area contributed by atoms with Gasteiger partial charge in [-0.05, 0) is 40.0 Å². The fourth-order valence-corrected chi connectivity index (χ4v) is 2.90. The quantitative estimate of drug-likeness (QED) is 0.700. The molecule has 1 fully saturated rings. The van der Waals surface area contributed by atoms with Crippen molar-refractivity contribution < 1.29 is 28.9 Å². The lowest BCUT2D eigenvalue weighted by molar-refractivity contribution is -0.125. The third-order valence-corrected chi connectivity index (χ3v) is 4.41. The third kappa shape index (κ3) is 4.82. The highest BCUT2D eigenvalue weighted by molar-refractivity contribution is 6.01. The molecule has 0 aliphatic heterocycles. The van der Waals surface area contributed by atoms with Crippen molar-refractivity contribution in [2.75, 3.05) is 19.5 Å². The Morgan fingerprint density at radius 3 is 2.07 bits per heavy atom. The van der Waals surface area contributed by atoms with Crippen LogP contribution in [0.1, 0.15) is 45.6 Å². The summed E-state index contributed by atoms with van der Waals surface area (Å²) in [5.41, 5.74) is -0.712. The number of anilines is 1. The van der Waals surface area contributed by atoms with E-state index in [-0.39, 0.29) is 12.5 Å². The first-order valence-electron chi connectivity index (χ1n) is 8.82. The number of hydrogen-bond acceptors (Lipinski definition) is 6. The molecule has 150 valence electrons. The van der Waals surface area contributed by atoms with Crippen LogP contribution in [0.25, 0.3) is 0 Å². The average Bonchev–Trinajstić information content (AvgIpc) is 2.55. The fourth-order valence-electron chi connectivity index (χ4n) is 2.90. The molecular formula is C19H28N2O6. The third-order valence-electron chi connectivity index (χ3n) is 4.41. The lowest BCUT2D eigenvalue weighted by Gasteiger charge is -2.40. The van der Waals surface area contributed by atoms with Crippen LogP contribution in [0.5, 0.6) is 11.5 Å². The van der Waals surface area contributed by atoms with E-state index < -0.39 is 17.2 Å². The van der Waals surface area contributed by atoms with Gasteiger partial charge in [0.1, 0.15) is 22.6 Å². The minimum Gasteiger partial charge on any atom is -0.496 e. The predicted octanol–water partition coefficient (Wildman–Crippen LogP) is 2.58. The standard InChI is InChI=1S/C19H28N2O6/c1-18(2,3)27-17(24)21-19(7-6-8-19)16(23)20-12-9-14(25-4)13(11-22)15(10-12)26-5/h9-10,22H,6-8,11H2,1-5H3,(H,20,23)(H,21,24). The maximum atomic E-state index is 12.9. The molecule has 0 saturated heterocycles. The second-order valence-electron chi connectivity index (χ2n) is 7.53. The lowest BCUT2D eigenvalue weighted by Crippen LogP contribution is -2.61. The van der Waals surface area contributed by atoms with Gasteiger partial charge in [0.25, 0.3) is 0 Å². The van der Waals surface area contributed by atoms with Crippen molar-refractivity contribution in [1.82, 2.24) is 5.32 Å². The minimum atomic E-state index is -1.00. The molecule has 0 spiro atoms. The monoisotopic (exact) mass is 380 g/mol. The topological polar surface area (TPSA) is 106 Å². The van der Waals surface area contributed by atoms with Gasteiger partial charge >= 0.3 is 6.09 Å². The van der Waals surface area contributed by atoms with Gasteiger partial charge in [-0.3, -0.25) is 4.79 Å². The van der Waals surface area contributed by atoms with Crippen LogP contribution in [-0.2, 0) is 16.1 Å². The number of carbonyl (C=O) groups is 2. The summed E-state index contributed by atoms with van der Waals surface area (Å²) in [4.78, 5) is 25.0. The highest BCUT2D eigenvalue weighted by Gasteiger charge is 2.46. The van der Waals surface area contributed by atoms with Crippen LogP contribution >= 0.6 is 0 Å². The minimum absolute atomic E-state index is 0.259. The van der Waals surface area contributed by atoms with Crippen LogP contribution in [0.4, 0.5) is 10.5 Å². The number of benzene rings is 1. The van der Waals surface area contributed by atoms with Gasteiger partial charge in [-0.15, -0.1) is 0 Å². The van der Waals surface area contributed by atoms with Crippen LogP contribution in [0.3, 0.4) is 0 Å². The van der Waals surface area contributed by atoms with Crippen LogP contribution in [0, 0.1) is 0 Å². The normalized spacial score (nSPS) is 15.3. The Morgan fingerprint density at radius 1 is 1.15 bits per heavy atom. The number of ether oxygens (including phenoxy) is 3. The number of methoxy groups -OCH3 is 2. The van der Waals surface area contributed by atoms with E-state index >= 15 is 0 Å². The molecule has 27 heavy (non-hydrogen) atoms. The Balaban J connectivity index is 2.18. The molecule has 1 aromatic carbocycles. The second kappa shape index (κ2) is 8.04. The molecule has 1 aliphatic carbocycles. The van der Waals surface area contributed by atoms with Gasteiger partial charge in [-0.1, -0.05) is 0 Å². The van der Waals surface area contributed by atoms with Crippen molar-refractivity contribution in [1.29, 1.82) is 0 Å². The van der Waals surface area contributed by atoms with Crippen molar-refractivity contribution >= 4 is 17.7 Å². The number of carbonyl (C=O) groups excluding carboxylic acids is 2. The number of hydrogen-bond donors (Lipinski definition) is 3. The molecule has 1 aromatic rings. The molecule has 8 heteroatoms. The molecule has 0 bridgehead atoms. The fraction of sp³-hybridized carbons (Fsp3) is 0.579. The zero-order valence-electron chi connectivity index (χ0n) is 16.5. The molecule has 0 atom stereocenters. The van der Waals surface area contributed by atoms with E-state index in [1.807, 2.05) is 0 Å². The van der Waals surface area contributed by atoms with Crippen molar-refractivity contribution in [2.24, 2.45) is 0 Å². The molecule has 1 saturated carbocycles. The smallest absolute Gasteiger partial charge is 0.408 e. The average molecular weight is 380 g/mol. The number of amides is 2. The second-order valence-corrected chi connectivity index (χ2v) is 7.53. The van der Waals surface area contributed by atoms with E-state index in [1.54, 1.807) is 32.9 Å². The SMILES string of the molecule is COc1cc(NC(=O)C2(NC(=O)OC(C)(C)C)CCC2)cc(OC)c1CO. The summed E-state index contributed by atoms with van der Waals surface area (Å²) in [6.07, 6.45) is 1.27. The van der Waals surface area contributed by atoms with E-state index in [4.69, 9.17) is 14.2 Å². The van der Waals surface area contributed by atoms with E-state index in [0.29, 0.717) is 35.6 Å².